The zero-order chi connectivity index (χ0) is 18.8. The van der Waals surface area contributed by atoms with Crippen LogP contribution in [0.3, 0.4) is 0 Å². The predicted octanol–water partition coefficient (Wildman–Crippen LogP) is 4.45. The third kappa shape index (κ3) is 4.11. The number of hydrogen-bond donors (Lipinski definition) is 1. The van der Waals surface area contributed by atoms with E-state index < -0.39 is 11.7 Å². The van der Waals surface area contributed by atoms with Gasteiger partial charge in [0.1, 0.15) is 5.82 Å². The van der Waals surface area contributed by atoms with E-state index in [-0.39, 0.29) is 15.6 Å². The number of amides is 1. The molecule has 1 aliphatic rings. The third-order valence-corrected chi connectivity index (χ3v) is 5.16. The number of rotatable bonds is 3. The fourth-order valence-corrected chi connectivity index (χ4v) is 3.50. The number of benzene rings is 2. The predicted molar refractivity (Wildman–Crippen MR) is 105 cm³/mol. The van der Waals surface area contributed by atoms with Gasteiger partial charge in [0.25, 0.3) is 5.91 Å². The topological polar surface area (TPSA) is 35.6 Å². The Labute approximate surface area is 162 Å². The molecule has 0 unspecified atom stereocenters. The number of aryl methyl sites for hydroxylation is 1. The van der Waals surface area contributed by atoms with Crippen LogP contribution in [0.2, 0.25) is 10.0 Å². The molecule has 0 aromatic heterocycles. The maximum absolute atomic E-state index is 13.6. The lowest BCUT2D eigenvalue weighted by Crippen LogP contribution is -2.44. The number of carbonyl (C=O) groups is 1. The van der Waals surface area contributed by atoms with Gasteiger partial charge >= 0.3 is 0 Å². The zero-order valence-electron chi connectivity index (χ0n) is 14.7. The Morgan fingerprint density at radius 3 is 2.42 bits per heavy atom. The van der Waals surface area contributed by atoms with Gasteiger partial charge in [0.15, 0.2) is 0 Å². The van der Waals surface area contributed by atoms with Crippen molar-refractivity contribution in [3.05, 3.63) is 57.3 Å². The maximum atomic E-state index is 13.6. The summed E-state index contributed by atoms with van der Waals surface area (Å²) in [7, 11) is 2.12. The van der Waals surface area contributed by atoms with Gasteiger partial charge in [-0.3, -0.25) is 4.79 Å². The molecular weight excluding hydrogens is 376 g/mol. The molecule has 0 atom stereocenters. The SMILES string of the molecule is Cc1cc(NC(=O)c2cc(F)c(Cl)cc2Cl)ccc1N1CCN(C)CC1. The average molecular weight is 396 g/mol. The van der Waals surface area contributed by atoms with E-state index in [2.05, 4.69) is 22.2 Å². The summed E-state index contributed by atoms with van der Waals surface area (Å²) < 4.78 is 13.6. The largest absolute Gasteiger partial charge is 0.369 e. The molecule has 26 heavy (non-hydrogen) atoms. The highest BCUT2D eigenvalue weighted by molar-refractivity contribution is 6.37. The lowest BCUT2D eigenvalue weighted by atomic mass is 10.1. The second-order valence-corrected chi connectivity index (χ2v) is 7.31. The molecule has 7 heteroatoms. The second-order valence-electron chi connectivity index (χ2n) is 6.49. The van der Waals surface area contributed by atoms with Crippen LogP contribution in [0.25, 0.3) is 0 Å². The van der Waals surface area contributed by atoms with Crippen LogP contribution in [0.5, 0.6) is 0 Å². The first kappa shape index (κ1) is 19.0. The Bertz CT molecular complexity index is 836. The van der Waals surface area contributed by atoms with Gasteiger partial charge in [-0.1, -0.05) is 23.2 Å². The summed E-state index contributed by atoms with van der Waals surface area (Å²) in [5, 5.41) is 2.76. The van der Waals surface area contributed by atoms with Crippen molar-refractivity contribution >= 4 is 40.5 Å². The number of piperazine rings is 1. The van der Waals surface area contributed by atoms with Crippen LogP contribution in [0.4, 0.5) is 15.8 Å². The van der Waals surface area contributed by atoms with Crippen molar-refractivity contribution in [2.45, 2.75) is 6.92 Å². The number of nitrogens with one attached hydrogen (secondary N) is 1. The molecule has 1 amide bonds. The molecule has 1 heterocycles. The standard InChI is InChI=1S/C19H20Cl2FN3O/c1-12-9-13(3-4-18(12)25-7-5-24(2)6-8-25)23-19(26)14-10-17(22)16(21)11-15(14)20/h3-4,9-11H,5-8H2,1-2H3,(H,23,26). The summed E-state index contributed by atoms with van der Waals surface area (Å²) in [6, 6.07) is 8.03. The maximum Gasteiger partial charge on any atom is 0.257 e. The Morgan fingerprint density at radius 2 is 1.77 bits per heavy atom. The van der Waals surface area contributed by atoms with Gasteiger partial charge in [-0.2, -0.15) is 0 Å². The molecule has 138 valence electrons. The molecule has 0 spiro atoms. The van der Waals surface area contributed by atoms with Gasteiger partial charge in [-0.15, -0.1) is 0 Å². The molecule has 2 aromatic rings. The first-order valence-corrected chi connectivity index (χ1v) is 9.11. The second kappa shape index (κ2) is 7.82. The van der Waals surface area contributed by atoms with E-state index in [0.717, 1.165) is 43.5 Å². The summed E-state index contributed by atoms with van der Waals surface area (Å²) in [6.07, 6.45) is 0. The van der Waals surface area contributed by atoms with Gasteiger partial charge < -0.3 is 15.1 Å². The van der Waals surface area contributed by atoms with Crippen molar-refractivity contribution in [1.82, 2.24) is 4.90 Å². The van der Waals surface area contributed by atoms with Crippen molar-refractivity contribution in [2.24, 2.45) is 0 Å². The van der Waals surface area contributed by atoms with Crippen molar-refractivity contribution in [3.63, 3.8) is 0 Å². The molecule has 2 aromatic carbocycles. The molecule has 0 aliphatic carbocycles. The van der Waals surface area contributed by atoms with E-state index in [1.54, 1.807) is 0 Å². The number of nitrogens with zero attached hydrogens (tertiary/aromatic N) is 2. The fourth-order valence-electron chi connectivity index (χ4n) is 3.03. The van der Waals surface area contributed by atoms with Gasteiger partial charge in [0.2, 0.25) is 0 Å². The quantitative estimate of drug-likeness (QED) is 0.779. The molecule has 0 radical (unpaired) electrons. The van der Waals surface area contributed by atoms with Crippen LogP contribution in [-0.4, -0.2) is 44.0 Å². The number of likely N-dealkylation sites (N-methyl/N-ethyl adjacent to an activating group) is 1. The lowest BCUT2D eigenvalue weighted by molar-refractivity contribution is 0.102. The average Bonchev–Trinajstić information content (AvgIpc) is 2.59. The lowest BCUT2D eigenvalue weighted by Gasteiger charge is -2.35. The van der Waals surface area contributed by atoms with E-state index in [1.807, 2.05) is 25.1 Å². The minimum absolute atomic E-state index is 0.0503. The number of hydrogen-bond acceptors (Lipinski definition) is 3. The Morgan fingerprint density at radius 1 is 1.08 bits per heavy atom. The molecule has 1 fully saturated rings. The smallest absolute Gasteiger partial charge is 0.257 e. The summed E-state index contributed by atoms with van der Waals surface area (Å²) in [4.78, 5) is 17.1. The fraction of sp³-hybridized carbons (Fsp3) is 0.316. The van der Waals surface area contributed by atoms with Gasteiger partial charge in [-0.25, -0.2) is 4.39 Å². The Hall–Kier alpha value is -1.82. The van der Waals surface area contributed by atoms with Gasteiger partial charge in [0, 0.05) is 37.6 Å². The first-order valence-electron chi connectivity index (χ1n) is 8.35. The molecule has 3 rings (SSSR count). The minimum Gasteiger partial charge on any atom is -0.369 e. The van der Waals surface area contributed by atoms with Gasteiger partial charge in [-0.05, 0) is 49.9 Å². The molecule has 4 nitrogen and oxygen atoms in total. The minimum atomic E-state index is -0.678. The van der Waals surface area contributed by atoms with Crippen molar-refractivity contribution in [1.29, 1.82) is 0 Å². The highest BCUT2D eigenvalue weighted by Crippen LogP contribution is 2.27. The monoisotopic (exact) mass is 395 g/mol. The first-order chi connectivity index (χ1) is 12.3. The Kier molecular flexibility index (Phi) is 5.70. The highest BCUT2D eigenvalue weighted by Gasteiger charge is 2.17. The van der Waals surface area contributed by atoms with Crippen LogP contribution < -0.4 is 10.2 Å². The van der Waals surface area contributed by atoms with E-state index in [1.165, 1.54) is 6.07 Å². The molecule has 1 N–H and O–H groups in total. The molecule has 0 bridgehead atoms. The molecule has 1 saturated heterocycles. The van der Waals surface area contributed by atoms with Crippen LogP contribution in [-0.2, 0) is 0 Å². The van der Waals surface area contributed by atoms with Crippen molar-refractivity contribution in [2.75, 3.05) is 43.4 Å². The van der Waals surface area contributed by atoms with Crippen molar-refractivity contribution < 1.29 is 9.18 Å². The number of anilines is 2. The molecule has 1 aliphatic heterocycles. The normalized spacial score (nSPS) is 15.2. The van der Waals surface area contributed by atoms with E-state index >= 15 is 0 Å². The summed E-state index contributed by atoms with van der Waals surface area (Å²) in [5.74, 6) is -1.15. The molecule has 0 saturated carbocycles. The van der Waals surface area contributed by atoms with Crippen LogP contribution in [0.1, 0.15) is 15.9 Å². The van der Waals surface area contributed by atoms with Crippen LogP contribution in [0.15, 0.2) is 30.3 Å². The number of halogens is 3. The Balaban J connectivity index is 1.75. The van der Waals surface area contributed by atoms with Crippen LogP contribution in [0, 0.1) is 12.7 Å². The van der Waals surface area contributed by atoms with E-state index in [4.69, 9.17) is 23.2 Å². The number of carbonyl (C=O) groups excluding carboxylic acids is 1. The summed E-state index contributed by atoms with van der Waals surface area (Å²) >= 11 is 11.7. The summed E-state index contributed by atoms with van der Waals surface area (Å²) in [6.45, 7) is 6.01. The molecular formula is C19H20Cl2FN3O. The van der Waals surface area contributed by atoms with Crippen LogP contribution >= 0.6 is 23.2 Å². The third-order valence-electron chi connectivity index (χ3n) is 4.55. The van der Waals surface area contributed by atoms with Crippen molar-refractivity contribution in [3.8, 4) is 0 Å². The summed E-state index contributed by atoms with van der Waals surface area (Å²) in [5.41, 5.74) is 2.92. The van der Waals surface area contributed by atoms with E-state index in [0.29, 0.717) is 5.69 Å². The van der Waals surface area contributed by atoms with Gasteiger partial charge in [0.05, 0.1) is 15.6 Å². The van der Waals surface area contributed by atoms with E-state index in [9.17, 15) is 9.18 Å². The highest BCUT2D eigenvalue weighted by atomic mass is 35.5. The zero-order valence-corrected chi connectivity index (χ0v) is 16.2.